The van der Waals surface area contributed by atoms with E-state index in [0.717, 1.165) is 0 Å². The molecule has 0 aliphatic rings. The molecule has 1 nitrogen and oxygen atoms in total. The summed E-state index contributed by atoms with van der Waals surface area (Å²) in [7, 11) is 0. The average molecular weight is 234 g/mol. The van der Waals surface area contributed by atoms with Gasteiger partial charge in [-0.1, -0.05) is 6.07 Å². The highest BCUT2D eigenvalue weighted by molar-refractivity contribution is 5.38. The Morgan fingerprint density at radius 1 is 0.882 bits per heavy atom. The molecule has 0 saturated carbocycles. The molecule has 2 aromatic rings. The van der Waals surface area contributed by atoms with Crippen molar-refractivity contribution in [2.75, 3.05) is 0 Å². The molecule has 17 heavy (non-hydrogen) atoms. The van der Waals surface area contributed by atoms with Crippen LogP contribution >= 0.6 is 0 Å². The standard InChI is InChI=1S/C14H12F2O/c1-9-3-5-12(8-13(9)16)17-14-6-4-11(15)7-10(14)2/h3-8H,1-2H3. The molecule has 0 heterocycles. The number of hydrogen-bond acceptors (Lipinski definition) is 1. The van der Waals surface area contributed by atoms with Gasteiger partial charge in [-0.25, -0.2) is 8.78 Å². The third kappa shape index (κ3) is 2.61. The van der Waals surface area contributed by atoms with Gasteiger partial charge in [-0.15, -0.1) is 0 Å². The van der Waals surface area contributed by atoms with Gasteiger partial charge in [0, 0.05) is 6.07 Å². The van der Waals surface area contributed by atoms with Crippen LogP contribution in [0.2, 0.25) is 0 Å². The molecule has 0 amide bonds. The lowest BCUT2D eigenvalue weighted by Crippen LogP contribution is -1.90. The first kappa shape index (κ1) is 11.6. The molecule has 0 unspecified atom stereocenters. The summed E-state index contributed by atoms with van der Waals surface area (Å²) in [6, 6.07) is 8.86. The summed E-state index contributed by atoms with van der Waals surface area (Å²) in [5.74, 6) is 0.296. The Kier molecular flexibility index (Phi) is 3.09. The van der Waals surface area contributed by atoms with Gasteiger partial charge in [0.05, 0.1) is 0 Å². The molecule has 0 aliphatic carbocycles. The van der Waals surface area contributed by atoms with Crippen LogP contribution in [0.15, 0.2) is 36.4 Å². The highest BCUT2D eigenvalue weighted by Gasteiger charge is 2.05. The average Bonchev–Trinajstić information content (AvgIpc) is 2.27. The largest absolute Gasteiger partial charge is 0.457 e. The van der Waals surface area contributed by atoms with Crippen LogP contribution in [-0.2, 0) is 0 Å². The summed E-state index contributed by atoms with van der Waals surface area (Å²) in [4.78, 5) is 0. The number of aryl methyl sites for hydroxylation is 2. The van der Waals surface area contributed by atoms with Gasteiger partial charge in [0.2, 0.25) is 0 Å². The second-order valence-corrected chi connectivity index (χ2v) is 3.92. The second kappa shape index (κ2) is 4.53. The van der Waals surface area contributed by atoms with Gasteiger partial charge in [-0.2, -0.15) is 0 Å². The number of rotatable bonds is 2. The van der Waals surface area contributed by atoms with Gasteiger partial charge < -0.3 is 4.74 Å². The Morgan fingerprint density at radius 3 is 2.29 bits per heavy atom. The van der Waals surface area contributed by atoms with Crippen molar-refractivity contribution in [1.29, 1.82) is 0 Å². The number of halogens is 2. The Morgan fingerprint density at radius 2 is 1.65 bits per heavy atom. The second-order valence-electron chi connectivity index (χ2n) is 3.92. The molecule has 0 radical (unpaired) electrons. The Labute approximate surface area is 98.7 Å². The van der Waals surface area contributed by atoms with Gasteiger partial charge in [-0.3, -0.25) is 0 Å². The molecule has 0 N–H and O–H groups in total. The van der Waals surface area contributed by atoms with Gasteiger partial charge in [0.15, 0.2) is 0 Å². The summed E-state index contributed by atoms with van der Waals surface area (Å²) in [5.41, 5.74) is 1.24. The van der Waals surface area contributed by atoms with E-state index in [1.807, 2.05) is 0 Å². The molecule has 0 fully saturated rings. The lowest BCUT2D eigenvalue weighted by atomic mass is 10.2. The van der Waals surface area contributed by atoms with Crippen molar-refractivity contribution in [3.8, 4) is 11.5 Å². The molecule has 0 aromatic heterocycles. The van der Waals surface area contributed by atoms with Crippen LogP contribution in [0.4, 0.5) is 8.78 Å². The minimum Gasteiger partial charge on any atom is -0.457 e. The molecule has 0 spiro atoms. The number of hydrogen-bond donors (Lipinski definition) is 0. The molecular formula is C14H12F2O. The highest BCUT2D eigenvalue weighted by Crippen LogP contribution is 2.26. The van der Waals surface area contributed by atoms with Crippen molar-refractivity contribution >= 4 is 0 Å². The molecule has 0 atom stereocenters. The van der Waals surface area contributed by atoms with E-state index < -0.39 is 0 Å². The third-order valence-electron chi connectivity index (χ3n) is 2.51. The maximum Gasteiger partial charge on any atom is 0.130 e. The SMILES string of the molecule is Cc1ccc(Oc2ccc(F)cc2C)cc1F. The third-order valence-corrected chi connectivity index (χ3v) is 2.51. The summed E-state index contributed by atoms with van der Waals surface area (Å²) in [6.07, 6.45) is 0. The van der Waals surface area contributed by atoms with Crippen LogP contribution in [0.5, 0.6) is 11.5 Å². The van der Waals surface area contributed by atoms with E-state index in [-0.39, 0.29) is 11.6 Å². The molecule has 2 rings (SSSR count). The number of benzene rings is 2. The van der Waals surface area contributed by atoms with Gasteiger partial charge in [0.25, 0.3) is 0 Å². The highest BCUT2D eigenvalue weighted by atomic mass is 19.1. The zero-order chi connectivity index (χ0) is 12.4. The monoisotopic (exact) mass is 234 g/mol. The fraction of sp³-hybridized carbons (Fsp3) is 0.143. The van der Waals surface area contributed by atoms with Crippen molar-refractivity contribution in [2.45, 2.75) is 13.8 Å². The fourth-order valence-electron chi connectivity index (χ4n) is 1.49. The van der Waals surface area contributed by atoms with Gasteiger partial charge >= 0.3 is 0 Å². The van der Waals surface area contributed by atoms with Crippen molar-refractivity contribution in [1.82, 2.24) is 0 Å². The maximum absolute atomic E-state index is 13.3. The van der Waals surface area contributed by atoms with Crippen molar-refractivity contribution in [3.05, 3.63) is 59.2 Å². The van der Waals surface area contributed by atoms with Crippen LogP contribution in [0, 0.1) is 25.5 Å². The van der Waals surface area contributed by atoms with Crippen LogP contribution in [0.3, 0.4) is 0 Å². The fourth-order valence-corrected chi connectivity index (χ4v) is 1.49. The number of ether oxygens (including phenoxy) is 1. The van der Waals surface area contributed by atoms with E-state index in [9.17, 15) is 8.78 Å². The summed E-state index contributed by atoms with van der Waals surface area (Å²) < 4.78 is 31.7. The minimum atomic E-state index is -0.317. The lowest BCUT2D eigenvalue weighted by molar-refractivity contribution is 0.470. The molecule has 0 saturated heterocycles. The Bertz CT molecular complexity index is 550. The Balaban J connectivity index is 2.28. The van der Waals surface area contributed by atoms with Crippen LogP contribution < -0.4 is 4.74 Å². The first-order valence-corrected chi connectivity index (χ1v) is 5.26. The van der Waals surface area contributed by atoms with Crippen molar-refractivity contribution < 1.29 is 13.5 Å². The molecule has 2 aromatic carbocycles. The van der Waals surface area contributed by atoms with Crippen molar-refractivity contribution in [3.63, 3.8) is 0 Å². The quantitative estimate of drug-likeness (QED) is 0.749. The molecule has 0 bridgehead atoms. The summed E-state index contributed by atoms with van der Waals surface area (Å²) >= 11 is 0. The predicted molar refractivity (Wildman–Crippen MR) is 62.3 cm³/mol. The van der Waals surface area contributed by atoms with E-state index >= 15 is 0 Å². The van der Waals surface area contributed by atoms with Crippen LogP contribution in [-0.4, -0.2) is 0 Å². The van der Waals surface area contributed by atoms with Crippen molar-refractivity contribution in [2.24, 2.45) is 0 Å². The minimum absolute atomic E-state index is 0.315. The van der Waals surface area contributed by atoms with E-state index in [0.29, 0.717) is 22.6 Å². The normalized spacial score (nSPS) is 10.4. The smallest absolute Gasteiger partial charge is 0.130 e. The molecule has 88 valence electrons. The molecule has 3 heteroatoms. The van der Waals surface area contributed by atoms with E-state index in [4.69, 9.17) is 4.74 Å². The Hall–Kier alpha value is -1.90. The first-order chi connectivity index (χ1) is 8.06. The lowest BCUT2D eigenvalue weighted by Gasteiger charge is -2.09. The van der Waals surface area contributed by atoms with E-state index in [2.05, 4.69) is 0 Å². The summed E-state index contributed by atoms with van der Waals surface area (Å²) in [5, 5.41) is 0. The molecule has 0 aliphatic heterocycles. The van der Waals surface area contributed by atoms with Crippen LogP contribution in [0.1, 0.15) is 11.1 Å². The van der Waals surface area contributed by atoms with E-state index in [1.165, 1.54) is 24.3 Å². The molecular weight excluding hydrogens is 222 g/mol. The van der Waals surface area contributed by atoms with E-state index in [1.54, 1.807) is 26.0 Å². The zero-order valence-corrected chi connectivity index (χ0v) is 9.63. The van der Waals surface area contributed by atoms with Gasteiger partial charge in [0.1, 0.15) is 23.1 Å². The van der Waals surface area contributed by atoms with Crippen LogP contribution in [0.25, 0.3) is 0 Å². The topological polar surface area (TPSA) is 9.23 Å². The predicted octanol–water partition coefficient (Wildman–Crippen LogP) is 4.37. The zero-order valence-electron chi connectivity index (χ0n) is 9.63. The first-order valence-electron chi connectivity index (χ1n) is 5.26. The van der Waals surface area contributed by atoms with Gasteiger partial charge in [-0.05, 0) is 49.2 Å². The summed E-state index contributed by atoms with van der Waals surface area (Å²) in [6.45, 7) is 3.42. The maximum atomic E-state index is 13.3.